The molecule has 0 atom stereocenters. The van der Waals surface area contributed by atoms with Gasteiger partial charge in [-0.1, -0.05) is 30.3 Å². The fourth-order valence-corrected chi connectivity index (χ4v) is 4.72. The Balaban J connectivity index is 1.25. The lowest BCUT2D eigenvalue weighted by molar-refractivity contribution is 0.102. The molecule has 0 fully saturated rings. The monoisotopic (exact) mass is 525 g/mol. The van der Waals surface area contributed by atoms with Gasteiger partial charge in [0.1, 0.15) is 22.7 Å². The van der Waals surface area contributed by atoms with Crippen LogP contribution in [-0.2, 0) is 0 Å². The van der Waals surface area contributed by atoms with Crippen molar-refractivity contribution in [3.63, 3.8) is 0 Å². The number of benzene rings is 2. The number of aromatic amines is 2. The van der Waals surface area contributed by atoms with Crippen LogP contribution in [0.1, 0.15) is 10.4 Å². The van der Waals surface area contributed by atoms with Gasteiger partial charge < -0.3 is 10.3 Å². The number of pyridine rings is 3. The van der Waals surface area contributed by atoms with E-state index < -0.39 is 0 Å². The molecule has 0 aliphatic carbocycles. The zero-order valence-corrected chi connectivity index (χ0v) is 20.9. The Morgan fingerprint density at radius 3 is 2.58 bits per heavy atom. The van der Waals surface area contributed by atoms with E-state index in [2.05, 4.69) is 30.5 Å². The van der Waals surface area contributed by atoms with E-state index in [0.29, 0.717) is 33.8 Å². The number of carbonyl (C=O) groups excluding carboxylic acids is 1. The number of H-pyrrole nitrogens is 2. The van der Waals surface area contributed by atoms with Crippen LogP contribution in [0.4, 0.5) is 10.1 Å². The summed E-state index contributed by atoms with van der Waals surface area (Å²) in [5.74, 6) is -0.500. The third-order valence-electron chi connectivity index (χ3n) is 6.68. The molecule has 0 saturated carbocycles. The van der Waals surface area contributed by atoms with E-state index in [4.69, 9.17) is 4.98 Å². The maximum absolute atomic E-state index is 13.5. The molecule has 8 nitrogen and oxygen atoms in total. The number of amides is 1. The Labute approximate surface area is 227 Å². The molecule has 0 spiro atoms. The molecule has 9 heteroatoms. The number of aromatic nitrogens is 6. The number of hydrogen-bond donors (Lipinski definition) is 3. The van der Waals surface area contributed by atoms with Crippen LogP contribution >= 0.6 is 0 Å². The van der Waals surface area contributed by atoms with Gasteiger partial charge in [0.15, 0.2) is 0 Å². The molecule has 0 saturated heterocycles. The Bertz CT molecular complexity index is 2010. The normalized spacial score (nSPS) is 11.2. The zero-order valence-electron chi connectivity index (χ0n) is 20.9. The second-order valence-electron chi connectivity index (χ2n) is 9.26. The first-order valence-corrected chi connectivity index (χ1v) is 12.5. The van der Waals surface area contributed by atoms with Gasteiger partial charge in [-0.05, 0) is 65.7 Å². The number of nitrogens with one attached hydrogen (secondary N) is 3. The highest BCUT2D eigenvalue weighted by Gasteiger charge is 2.16. The second-order valence-corrected chi connectivity index (χ2v) is 9.26. The summed E-state index contributed by atoms with van der Waals surface area (Å²) in [7, 11) is 0. The Morgan fingerprint density at radius 2 is 1.73 bits per heavy atom. The van der Waals surface area contributed by atoms with E-state index in [1.54, 1.807) is 42.9 Å². The van der Waals surface area contributed by atoms with Gasteiger partial charge >= 0.3 is 0 Å². The maximum atomic E-state index is 13.5. The van der Waals surface area contributed by atoms with Crippen molar-refractivity contribution in [1.82, 2.24) is 30.1 Å². The standard InChI is InChI=1S/C31H20FN7O/c32-21-8-6-18(7-9-21)23-12-13-34-30-24(23)15-27(37-30)29-28-26(38-39-29)11-10-25(36-28)20-14-22(17-33-16-20)35-31(40)19-4-2-1-3-5-19/h1-17H,(H,34,37)(H,35,40)(H,38,39). The largest absolute Gasteiger partial charge is 0.338 e. The van der Waals surface area contributed by atoms with Crippen molar-refractivity contribution in [3.8, 4) is 33.8 Å². The number of carbonyl (C=O) groups is 1. The van der Waals surface area contributed by atoms with Gasteiger partial charge in [-0.2, -0.15) is 5.10 Å². The number of fused-ring (bicyclic) bond motifs is 2. The van der Waals surface area contributed by atoms with Crippen LogP contribution < -0.4 is 5.32 Å². The summed E-state index contributed by atoms with van der Waals surface area (Å²) >= 11 is 0. The lowest BCUT2D eigenvalue weighted by atomic mass is 10.0. The minimum atomic E-state index is -0.284. The average Bonchev–Trinajstić information content (AvgIpc) is 3.62. The van der Waals surface area contributed by atoms with Crippen molar-refractivity contribution >= 4 is 33.7 Å². The molecule has 0 unspecified atom stereocenters. The molecule has 2 aromatic carbocycles. The topological polar surface area (TPSA) is 112 Å². The van der Waals surface area contributed by atoms with E-state index in [1.165, 1.54) is 12.1 Å². The van der Waals surface area contributed by atoms with Gasteiger partial charge in [0.05, 0.1) is 28.8 Å². The second kappa shape index (κ2) is 9.55. The summed E-state index contributed by atoms with van der Waals surface area (Å²) in [5, 5.41) is 11.4. The van der Waals surface area contributed by atoms with Crippen molar-refractivity contribution in [1.29, 1.82) is 0 Å². The van der Waals surface area contributed by atoms with Gasteiger partial charge in [0.25, 0.3) is 5.91 Å². The Kier molecular flexibility index (Phi) is 5.59. The first-order valence-electron chi connectivity index (χ1n) is 12.5. The first kappa shape index (κ1) is 23.4. The van der Waals surface area contributed by atoms with Gasteiger partial charge in [-0.3, -0.25) is 14.9 Å². The molecule has 3 N–H and O–H groups in total. The lowest BCUT2D eigenvalue weighted by Crippen LogP contribution is -2.11. The maximum Gasteiger partial charge on any atom is 0.255 e. The minimum absolute atomic E-state index is 0.215. The number of nitrogens with zero attached hydrogens (tertiary/aromatic N) is 4. The summed E-state index contributed by atoms with van der Waals surface area (Å²) in [6, 6.07) is 24.9. The van der Waals surface area contributed by atoms with E-state index in [0.717, 1.165) is 33.3 Å². The molecule has 5 aromatic heterocycles. The van der Waals surface area contributed by atoms with E-state index in [9.17, 15) is 9.18 Å². The molecule has 192 valence electrons. The fraction of sp³-hybridized carbons (Fsp3) is 0. The van der Waals surface area contributed by atoms with Crippen molar-refractivity contribution in [2.45, 2.75) is 0 Å². The van der Waals surface area contributed by atoms with Crippen LogP contribution in [0.3, 0.4) is 0 Å². The third kappa shape index (κ3) is 4.25. The van der Waals surface area contributed by atoms with E-state index in [-0.39, 0.29) is 11.7 Å². The van der Waals surface area contributed by atoms with E-state index >= 15 is 0 Å². The molecular weight excluding hydrogens is 505 g/mol. The number of hydrogen-bond acceptors (Lipinski definition) is 5. The lowest BCUT2D eigenvalue weighted by Gasteiger charge is -2.07. The summed E-state index contributed by atoms with van der Waals surface area (Å²) in [4.78, 5) is 29.7. The summed E-state index contributed by atoms with van der Waals surface area (Å²) in [6.07, 6.45) is 5.02. The number of halogens is 1. The van der Waals surface area contributed by atoms with Gasteiger partial charge in [0.2, 0.25) is 0 Å². The van der Waals surface area contributed by atoms with Crippen LogP contribution in [0, 0.1) is 5.82 Å². The molecule has 5 heterocycles. The van der Waals surface area contributed by atoms with Gasteiger partial charge in [0, 0.05) is 28.9 Å². The Hall–Kier alpha value is -5.70. The molecule has 0 bridgehead atoms. The highest BCUT2D eigenvalue weighted by molar-refractivity contribution is 6.04. The van der Waals surface area contributed by atoms with Crippen molar-refractivity contribution in [3.05, 3.63) is 115 Å². The van der Waals surface area contributed by atoms with Crippen LogP contribution in [0.25, 0.3) is 55.8 Å². The van der Waals surface area contributed by atoms with Crippen LogP contribution in [0.2, 0.25) is 0 Å². The summed E-state index contributed by atoms with van der Waals surface area (Å²) in [5.41, 5.74) is 7.89. The SMILES string of the molecule is O=C(Nc1cncc(-c2ccc3[nH]nc(-c4cc5c(-c6ccc(F)cc6)ccnc5[nH]4)c3n2)c1)c1ccccc1. The van der Waals surface area contributed by atoms with Crippen molar-refractivity contribution < 1.29 is 9.18 Å². The van der Waals surface area contributed by atoms with Crippen LogP contribution in [0.15, 0.2) is 104 Å². The zero-order chi connectivity index (χ0) is 27.1. The number of anilines is 1. The smallest absolute Gasteiger partial charge is 0.255 e. The number of rotatable bonds is 5. The molecule has 7 aromatic rings. The molecule has 0 aliphatic heterocycles. The van der Waals surface area contributed by atoms with Crippen molar-refractivity contribution in [2.75, 3.05) is 5.32 Å². The predicted octanol–water partition coefficient (Wildman–Crippen LogP) is 6.62. The first-order chi connectivity index (χ1) is 19.6. The summed E-state index contributed by atoms with van der Waals surface area (Å²) < 4.78 is 13.5. The quantitative estimate of drug-likeness (QED) is 0.234. The molecular formula is C31H20FN7O. The Morgan fingerprint density at radius 1 is 0.875 bits per heavy atom. The predicted molar refractivity (Wildman–Crippen MR) is 152 cm³/mol. The molecule has 40 heavy (non-hydrogen) atoms. The summed E-state index contributed by atoms with van der Waals surface area (Å²) in [6.45, 7) is 0. The minimum Gasteiger partial charge on any atom is -0.338 e. The molecule has 0 aliphatic rings. The van der Waals surface area contributed by atoms with Crippen molar-refractivity contribution in [2.24, 2.45) is 0 Å². The molecule has 7 rings (SSSR count). The molecule has 0 radical (unpaired) electrons. The van der Waals surface area contributed by atoms with Gasteiger partial charge in [-0.15, -0.1) is 0 Å². The highest BCUT2D eigenvalue weighted by atomic mass is 19.1. The molecule has 1 amide bonds. The van der Waals surface area contributed by atoms with Crippen LogP contribution in [0.5, 0.6) is 0 Å². The van der Waals surface area contributed by atoms with E-state index in [1.807, 2.05) is 48.5 Å². The van der Waals surface area contributed by atoms with Gasteiger partial charge in [-0.25, -0.2) is 14.4 Å². The fourth-order valence-electron chi connectivity index (χ4n) is 4.72. The van der Waals surface area contributed by atoms with Crippen LogP contribution in [-0.4, -0.2) is 36.0 Å². The average molecular weight is 526 g/mol. The third-order valence-corrected chi connectivity index (χ3v) is 6.68. The highest BCUT2D eigenvalue weighted by Crippen LogP contribution is 2.33.